The van der Waals surface area contributed by atoms with Crippen molar-refractivity contribution in [3.63, 3.8) is 0 Å². The van der Waals surface area contributed by atoms with Crippen molar-refractivity contribution < 1.29 is 0 Å². The van der Waals surface area contributed by atoms with E-state index in [4.69, 9.17) is 0 Å². The molecule has 0 amide bonds. The van der Waals surface area contributed by atoms with E-state index in [1.54, 1.807) is 0 Å². The number of imidazole rings is 1. The lowest BCUT2D eigenvalue weighted by molar-refractivity contribution is 0.521. The highest BCUT2D eigenvalue weighted by molar-refractivity contribution is 5.21. The number of hydrogen-bond donors (Lipinski definition) is 1. The Balaban J connectivity index is 2.07. The number of pyridine rings is 1. The fourth-order valence-corrected chi connectivity index (χ4v) is 2.19. The molecule has 0 aliphatic carbocycles. The molecule has 1 unspecified atom stereocenters. The van der Waals surface area contributed by atoms with Gasteiger partial charge in [0, 0.05) is 38.1 Å². The summed E-state index contributed by atoms with van der Waals surface area (Å²) >= 11 is 0. The molecule has 0 aliphatic rings. The lowest BCUT2D eigenvalue weighted by Crippen LogP contribution is -2.20. The highest BCUT2D eigenvalue weighted by Crippen LogP contribution is 2.19. The van der Waals surface area contributed by atoms with Crippen LogP contribution in [0.3, 0.4) is 0 Å². The third-order valence-electron chi connectivity index (χ3n) is 3.31. The third-order valence-corrected chi connectivity index (χ3v) is 3.31. The van der Waals surface area contributed by atoms with Crippen molar-refractivity contribution in [3.8, 4) is 0 Å². The van der Waals surface area contributed by atoms with Crippen molar-refractivity contribution in [2.75, 3.05) is 7.05 Å². The molecule has 96 valence electrons. The number of nitrogens with zero attached hydrogens (tertiary/aromatic N) is 3. The Hall–Kier alpha value is -1.68. The molecule has 2 rings (SSSR count). The summed E-state index contributed by atoms with van der Waals surface area (Å²) in [6, 6.07) is 4.36. The van der Waals surface area contributed by atoms with E-state index in [2.05, 4.69) is 32.8 Å². The van der Waals surface area contributed by atoms with Crippen LogP contribution in [-0.2, 0) is 13.5 Å². The van der Waals surface area contributed by atoms with E-state index in [0.29, 0.717) is 0 Å². The Kier molecular flexibility index (Phi) is 4.10. The van der Waals surface area contributed by atoms with Crippen LogP contribution in [0, 0.1) is 6.92 Å². The van der Waals surface area contributed by atoms with Crippen LogP contribution in [0.2, 0.25) is 0 Å². The van der Waals surface area contributed by atoms with Crippen molar-refractivity contribution in [1.82, 2.24) is 19.9 Å². The molecule has 1 atom stereocenters. The lowest BCUT2D eigenvalue weighted by Gasteiger charge is -2.17. The van der Waals surface area contributed by atoms with Crippen LogP contribution in [0.15, 0.2) is 30.7 Å². The maximum Gasteiger partial charge on any atom is 0.108 e. The van der Waals surface area contributed by atoms with Gasteiger partial charge in [-0.2, -0.15) is 0 Å². The Morgan fingerprint density at radius 3 is 2.78 bits per heavy atom. The summed E-state index contributed by atoms with van der Waals surface area (Å²) in [4.78, 5) is 8.84. The highest BCUT2D eigenvalue weighted by Gasteiger charge is 2.13. The number of nitrogens with one attached hydrogen (secondary N) is 1. The zero-order valence-electron chi connectivity index (χ0n) is 11.2. The predicted molar refractivity (Wildman–Crippen MR) is 72.3 cm³/mol. The van der Waals surface area contributed by atoms with Crippen molar-refractivity contribution in [2.45, 2.75) is 25.8 Å². The van der Waals surface area contributed by atoms with Crippen LogP contribution >= 0.6 is 0 Å². The molecule has 0 saturated heterocycles. The van der Waals surface area contributed by atoms with E-state index in [0.717, 1.165) is 24.4 Å². The Bertz CT molecular complexity index is 504. The zero-order chi connectivity index (χ0) is 13.0. The quantitative estimate of drug-likeness (QED) is 0.875. The first-order valence-corrected chi connectivity index (χ1v) is 6.27. The predicted octanol–water partition coefficient (Wildman–Crippen LogP) is 2.02. The van der Waals surface area contributed by atoms with Crippen LogP contribution in [0.1, 0.15) is 29.5 Å². The van der Waals surface area contributed by atoms with Crippen molar-refractivity contribution in [1.29, 1.82) is 0 Å². The Morgan fingerprint density at radius 2 is 2.17 bits per heavy atom. The molecule has 0 aliphatic heterocycles. The minimum atomic E-state index is 0.280. The number of aromatic nitrogens is 3. The molecule has 1 N–H and O–H groups in total. The van der Waals surface area contributed by atoms with E-state index in [-0.39, 0.29) is 6.04 Å². The number of aryl methyl sites for hydroxylation is 3. The number of hydrogen-bond acceptors (Lipinski definition) is 3. The highest BCUT2D eigenvalue weighted by atomic mass is 15.0. The van der Waals surface area contributed by atoms with E-state index >= 15 is 0 Å². The van der Waals surface area contributed by atoms with Gasteiger partial charge in [-0.25, -0.2) is 4.98 Å². The average Bonchev–Trinajstić information content (AvgIpc) is 2.78. The summed E-state index contributed by atoms with van der Waals surface area (Å²) in [5.74, 6) is 1.11. The van der Waals surface area contributed by atoms with Crippen LogP contribution in [0.4, 0.5) is 0 Å². The molecular weight excluding hydrogens is 224 g/mol. The van der Waals surface area contributed by atoms with Gasteiger partial charge in [-0.15, -0.1) is 0 Å². The van der Waals surface area contributed by atoms with Gasteiger partial charge in [-0.3, -0.25) is 4.98 Å². The molecule has 0 fully saturated rings. The van der Waals surface area contributed by atoms with Gasteiger partial charge in [0.05, 0.1) is 5.69 Å². The molecule has 0 aromatic carbocycles. The number of rotatable bonds is 5. The van der Waals surface area contributed by atoms with Gasteiger partial charge in [0.25, 0.3) is 0 Å². The summed E-state index contributed by atoms with van der Waals surface area (Å²) in [5, 5.41) is 3.34. The fourth-order valence-electron chi connectivity index (χ4n) is 2.19. The molecular formula is C14H20N4. The topological polar surface area (TPSA) is 42.7 Å². The van der Waals surface area contributed by atoms with Gasteiger partial charge >= 0.3 is 0 Å². The van der Waals surface area contributed by atoms with Gasteiger partial charge in [0.15, 0.2) is 0 Å². The molecule has 2 aromatic heterocycles. The summed E-state index contributed by atoms with van der Waals surface area (Å²) in [7, 11) is 4.01. The van der Waals surface area contributed by atoms with Crippen LogP contribution in [0.25, 0.3) is 0 Å². The van der Waals surface area contributed by atoms with Gasteiger partial charge in [0.2, 0.25) is 0 Å². The fraction of sp³-hybridized carbons (Fsp3) is 0.429. The van der Waals surface area contributed by atoms with Crippen LogP contribution in [-0.4, -0.2) is 21.6 Å². The van der Waals surface area contributed by atoms with Gasteiger partial charge in [-0.05, 0) is 32.0 Å². The monoisotopic (exact) mass is 244 g/mol. The normalized spacial score (nSPS) is 12.6. The molecule has 18 heavy (non-hydrogen) atoms. The summed E-state index contributed by atoms with van der Waals surface area (Å²) in [6.07, 6.45) is 7.63. The zero-order valence-corrected chi connectivity index (χ0v) is 11.2. The Labute approximate surface area is 108 Å². The SMILES string of the molecule is CNC(CCc1nccn1C)c1ncccc1C. The molecule has 2 heterocycles. The first-order valence-electron chi connectivity index (χ1n) is 6.27. The first-order chi connectivity index (χ1) is 8.72. The largest absolute Gasteiger partial charge is 0.338 e. The van der Waals surface area contributed by atoms with E-state index in [9.17, 15) is 0 Å². The van der Waals surface area contributed by atoms with E-state index in [1.807, 2.05) is 38.8 Å². The second-order valence-corrected chi connectivity index (χ2v) is 4.54. The summed E-state index contributed by atoms with van der Waals surface area (Å²) in [6.45, 7) is 2.10. The van der Waals surface area contributed by atoms with E-state index in [1.165, 1.54) is 5.56 Å². The second kappa shape index (κ2) is 5.78. The molecule has 0 spiro atoms. The molecule has 2 aromatic rings. The molecule has 0 radical (unpaired) electrons. The summed E-state index contributed by atoms with van der Waals surface area (Å²) < 4.78 is 2.07. The van der Waals surface area contributed by atoms with Crippen LogP contribution in [0.5, 0.6) is 0 Å². The molecule has 4 heteroatoms. The average molecular weight is 244 g/mol. The second-order valence-electron chi connectivity index (χ2n) is 4.54. The smallest absolute Gasteiger partial charge is 0.108 e. The van der Waals surface area contributed by atoms with Gasteiger partial charge in [-0.1, -0.05) is 6.07 Å². The van der Waals surface area contributed by atoms with Gasteiger partial charge < -0.3 is 9.88 Å². The molecule has 0 saturated carbocycles. The standard InChI is InChI=1S/C14H20N4/c1-11-5-4-8-17-14(11)12(15-2)6-7-13-16-9-10-18(13)3/h4-5,8-10,12,15H,6-7H2,1-3H3. The first kappa shape index (κ1) is 12.8. The van der Waals surface area contributed by atoms with Crippen molar-refractivity contribution in [2.24, 2.45) is 7.05 Å². The van der Waals surface area contributed by atoms with Crippen molar-refractivity contribution in [3.05, 3.63) is 47.8 Å². The van der Waals surface area contributed by atoms with Gasteiger partial charge in [0.1, 0.15) is 5.82 Å². The Morgan fingerprint density at radius 1 is 1.33 bits per heavy atom. The lowest BCUT2D eigenvalue weighted by atomic mass is 10.0. The van der Waals surface area contributed by atoms with Crippen molar-refractivity contribution >= 4 is 0 Å². The summed E-state index contributed by atoms with van der Waals surface area (Å²) in [5.41, 5.74) is 2.37. The molecule has 4 nitrogen and oxygen atoms in total. The minimum Gasteiger partial charge on any atom is -0.338 e. The minimum absolute atomic E-state index is 0.280. The van der Waals surface area contributed by atoms with E-state index < -0.39 is 0 Å². The maximum absolute atomic E-state index is 4.48. The van der Waals surface area contributed by atoms with Crippen LogP contribution < -0.4 is 5.32 Å². The maximum atomic E-state index is 4.48. The molecule has 0 bridgehead atoms. The third kappa shape index (κ3) is 2.76.